The molecule has 0 heterocycles. The minimum atomic E-state index is 0.403. The summed E-state index contributed by atoms with van der Waals surface area (Å²) in [6.07, 6.45) is 0. The molecule has 0 aliphatic heterocycles. The molecule has 0 atom stereocenters. The van der Waals surface area contributed by atoms with Gasteiger partial charge in [0, 0.05) is 10.0 Å². The lowest BCUT2D eigenvalue weighted by molar-refractivity contribution is 1.30. The summed E-state index contributed by atoms with van der Waals surface area (Å²) in [5, 5.41) is 0. The average molecular weight is 224 g/mol. The fourth-order valence-corrected chi connectivity index (χ4v) is 1.23. The molecule has 0 fully saturated rings. The van der Waals surface area contributed by atoms with E-state index in [-0.39, 0.29) is 0 Å². The second-order valence-electron chi connectivity index (χ2n) is 2.49. The van der Waals surface area contributed by atoms with Crippen molar-refractivity contribution in [1.29, 1.82) is 0 Å². The van der Waals surface area contributed by atoms with E-state index in [9.17, 15) is 0 Å². The topological polar surface area (TPSA) is 26.0 Å². The van der Waals surface area contributed by atoms with Crippen molar-refractivity contribution in [2.24, 2.45) is 5.73 Å². The van der Waals surface area contributed by atoms with Gasteiger partial charge in [-0.05, 0) is 40.5 Å². The molecular formula is C10H10BrN. The summed E-state index contributed by atoms with van der Waals surface area (Å²) in [5.74, 6) is 5.81. The van der Waals surface area contributed by atoms with Crippen LogP contribution in [0, 0.1) is 18.8 Å². The summed E-state index contributed by atoms with van der Waals surface area (Å²) in [4.78, 5) is 0. The fourth-order valence-electron chi connectivity index (χ4n) is 0.881. The Labute approximate surface area is 81.1 Å². The number of rotatable bonds is 0. The van der Waals surface area contributed by atoms with E-state index in [4.69, 9.17) is 5.73 Å². The molecule has 0 saturated carbocycles. The quantitative estimate of drug-likeness (QED) is 0.670. The molecule has 0 aromatic heterocycles. The van der Waals surface area contributed by atoms with Crippen molar-refractivity contribution in [2.45, 2.75) is 6.92 Å². The van der Waals surface area contributed by atoms with Crippen LogP contribution in [0.15, 0.2) is 22.7 Å². The molecule has 0 amide bonds. The van der Waals surface area contributed by atoms with Crippen LogP contribution in [0.3, 0.4) is 0 Å². The van der Waals surface area contributed by atoms with Gasteiger partial charge in [-0.3, -0.25) is 0 Å². The molecular weight excluding hydrogens is 214 g/mol. The first-order chi connectivity index (χ1) is 5.74. The van der Waals surface area contributed by atoms with E-state index < -0.39 is 0 Å². The third kappa shape index (κ3) is 2.37. The molecule has 0 bridgehead atoms. The third-order valence-electron chi connectivity index (χ3n) is 1.45. The molecule has 0 radical (unpaired) electrons. The molecule has 0 saturated heterocycles. The molecule has 1 aromatic rings. The lowest BCUT2D eigenvalue weighted by Gasteiger charge is -1.96. The average Bonchev–Trinajstić information content (AvgIpc) is 2.07. The fraction of sp³-hybridized carbons (Fsp3) is 0.200. The maximum absolute atomic E-state index is 5.28. The molecule has 0 aliphatic carbocycles. The molecule has 1 aromatic carbocycles. The first-order valence-corrected chi connectivity index (χ1v) is 4.48. The Hall–Kier alpha value is -0.780. The SMILES string of the molecule is Cc1ccc(Br)c(C#CCN)c1. The van der Waals surface area contributed by atoms with Gasteiger partial charge in [-0.2, -0.15) is 0 Å². The van der Waals surface area contributed by atoms with Crippen LogP contribution in [0.4, 0.5) is 0 Å². The van der Waals surface area contributed by atoms with Gasteiger partial charge < -0.3 is 5.73 Å². The van der Waals surface area contributed by atoms with E-state index in [1.807, 2.05) is 25.1 Å². The predicted molar refractivity (Wildman–Crippen MR) is 54.8 cm³/mol. The Kier molecular flexibility index (Phi) is 3.33. The second-order valence-corrected chi connectivity index (χ2v) is 3.34. The van der Waals surface area contributed by atoms with E-state index in [0.717, 1.165) is 10.0 Å². The van der Waals surface area contributed by atoms with Crippen molar-refractivity contribution in [1.82, 2.24) is 0 Å². The van der Waals surface area contributed by atoms with Gasteiger partial charge in [0.2, 0.25) is 0 Å². The third-order valence-corrected chi connectivity index (χ3v) is 2.14. The normalized spacial score (nSPS) is 8.92. The van der Waals surface area contributed by atoms with Crippen molar-refractivity contribution in [3.63, 3.8) is 0 Å². The molecule has 0 aliphatic rings. The highest BCUT2D eigenvalue weighted by Crippen LogP contribution is 2.16. The van der Waals surface area contributed by atoms with Crippen molar-refractivity contribution in [2.75, 3.05) is 6.54 Å². The van der Waals surface area contributed by atoms with Gasteiger partial charge >= 0.3 is 0 Å². The molecule has 0 spiro atoms. The van der Waals surface area contributed by atoms with Crippen LogP contribution in [-0.2, 0) is 0 Å². The molecule has 0 unspecified atom stereocenters. The van der Waals surface area contributed by atoms with E-state index in [0.29, 0.717) is 6.54 Å². The van der Waals surface area contributed by atoms with Gasteiger partial charge in [-0.15, -0.1) is 0 Å². The Morgan fingerprint density at radius 3 is 2.92 bits per heavy atom. The highest BCUT2D eigenvalue weighted by Gasteiger charge is 1.94. The number of halogens is 1. The summed E-state index contributed by atoms with van der Waals surface area (Å²) >= 11 is 3.42. The molecule has 62 valence electrons. The second kappa shape index (κ2) is 4.30. The van der Waals surface area contributed by atoms with Gasteiger partial charge in [-0.25, -0.2) is 0 Å². The molecule has 1 nitrogen and oxygen atoms in total. The minimum Gasteiger partial charge on any atom is -0.320 e. The molecule has 12 heavy (non-hydrogen) atoms. The summed E-state index contributed by atoms with van der Waals surface area (Å²) in [6.45, 7) is 2.44. The Balaban J connectivity index is 3.05. The summed E-state index contributed by atoms with van der Waals surface area (Å²) in [6, 6.07) is 6.07. The summed E-state index contributed by atoms with van der Waals surface area (Å²) in [5.41, 5.74) is 7.48. The van der Waals surface area contributed by atoms with E-state index in [2.05, 4.69) is 27.8 Å². The van der Waals surface area contributed by atoms with Crippen molar-refractivity contribution >= 4 is 15.9 Å². The smallest absolute Gasteiger partial charge is 0.0555 e. The molecule has 2 N–H and O–H groups in total. The van der Waals surface area contributed by atoms with Crippen LogP contribution in [0.1, 0.15) is 11.1 Å². The zero-order valence-corrected chi connectivity index (χ0v) is 8.48. The van der Waals surface area contributed by atoms with Crippen molar-refractivity contribution < 1.29 is 0 Å². The van der Waals surface area contributed by atoms with Crippen LogP contribution in [0.5, 0.6) is 0 Å². The highest BCUT2D eigenvalue weighted by atomic mass is 79.9. The van der Waals surface area contributed by atoms with Gasteiger partial charge in [0.25, 0.3) is 0 Å². The van der Waals surface area contributed by atoms with Gasteiger partial charge in [-0.1, -0.05) is 17.9 Å². The van der Waals surface area contributed by atoms with E-state index >= 15 is 0 Å². The standard InChI is InChI=1S/C10H10BrN/c1-8-4-5-10(11)9(7-8)3-2-6-12/h4-5,7H,6,12H2,1H3. The van der Waals surface area contributed by atoms with Gasteiger partial charge in [0.1, 0.15) is 0 Å². The number of benzene rings is 1. The van der Waals surface area contributed by atoms with Crippen LogP contribution in [0.2, 0.25) is 0 Å². The highest BCUT2D eigenvalue weighted by molar-refractivity contribution is 9.10. The number of hydrogen-bond acceptors (Lipinski definition) is 1. The minimum absolute atomic E-state index is 0.403. The largest absolute Gasteiger partial charge is 0.320 e. The number of nitrogens with two attached hydrogens (primary N) is 1. The summed E-state index contributed by atoms with van der Waals surface area (Å²) in [7, 11) is 0. The Morgan fingerprint density at radius 2 is 2.25 bits per heavy atom. The number of aryl methyl sites for hydroxylation is 1. The Bertz CT molecular complexity index is 333. The first-order valence-electron chi connectivity index (χ1n) is 3.69. The van der Waals surface area contributed by atoms with Gasteiger partial charge in [0.05, 0.1) is 6.54 Å². The van der Waals surface area contributed by atoms with Crippen LogP contribution in [0.25, 0.3) is 0 Å². The van der Waals surface area contributed by atoms with Crippen LogP contribution >= 0.6 is 15.9 Å². The van der Waals surface area contributed by atoms with Crippen molar-refractivity contribution in [3.05, 3.63) is 33.8 Å². The lowest BCUT2D eigenvalue weighted by atomic mass is 10.1. The van der Waals surface area contributed by atoms with Crippen LogP contribution < -0.4 is 5.73 Å². The maximum atomic E-state index is 5.28. The lowest BCUT2D eigenvalue weighted by Crippen LogP contribution is -1.93. The Morgan fingerprint density at radius 1 is 1.50 bits per heavy atom. The maximum Gasteiger partial charge on any atom is 0.0555 e. The zero-order valence-electron chi connectivity index (χ0n) is 6.89. The van der Waals surface area contributed by atoms with Gasteiger partial charge in [0.15, 0.2) is 0 Å². The monoisotopic (exact) mass is 223 g/mol. The van der Waals surface area contributed by atoms with Crippen LogP contribution in [-0.4, -0.2) is 6.54 Å². The molecule has 1 rings (SSSR count). The van der Waals surface area contributed by atoms with Crippen molar-refractivity contribution in [3.8, 4) is 11.8 Å². The number of hydrogen-bond donors (Lipinski definition) is 1. The molecule has 2 heteroatoms. The predicted octanol–water partition coefficient (Wildman–Crippen LogP) is 2.07. The zero-order chi connectivity index (χ0) is 8.97. The first kappa shape index (κ1) is 9.31. The van der Waals surface area contributed by atoms with E-state index in [1.54, 1.807) is 0 Å². The van der Waals surface area contributed by atoms with E-state index in [1.165, 1.54) is 5.56 Å². The summed E-state index contributed by atoms with van der Waals surface area (Å²) < 4.78 is 1.02.